The Morgan fingerprint density at radius 2 is 1.75 bits per heavy atom. The van der Waals surface area contributed by atoms with Crippen LogP contribution in [0.15, 0.2) is 84.0 Å². The van der Waals surface area contributed by atoms with Gasteiger partial charge in [-0.15, -0.1) is 5.10 Å². The fourth-order valence-electron chi connectivity index (χ4n) is 3.14. The van der Waals surface area contributed by atoms with E-state index in [4.69, 9.17) is 9.47 Å². The molecule has 0 aliphatic rings. The van der Waals surface area contributed by atoms with Crippen LogP contribution in [0.1, 0.15) is 32.0 Å². The molecule has 0 fully saturated rings. The van der Waals surface area contributed by atoms with Gasteiger partial charge in [-0.05, 0) is 52.7 Å². The van der Waals surface area contributed by atoms with Crippen LogP contribution in [0.4, 0.5) is 4.39 Å². The van der Waals surface area contributed by atoms with Crippen molar-refractivity contribution in [3.05, 3.63) is 107 Å². The third kappa shape index (κ3) is 6.17. The number of ketones is 1. The van der Waals surface area contributed by atoms with Gasteiger partial charge in [0.1, 0.15) is 11.6 Å². The number of aromatic nitrogens is 3. The maximum Gasteiger partial charge on any atom is 0.277 e. The molecule has 1 aromatic heterocycles. The molecule has 0 atom stereocenters. The minimum atomic E-state index is -0.547. The summed E-state index contributed by atoms with van der Waals surface area (Å²) in [6.07, 6.45) is 1.40. The molecule has 182 valence electrons. The van der Waals surface area contributed by atoms with Crippen molar-refractivity contribution in [1.29, 1.82) is 0 Å². The second-order valence-corrected chi connectivity index (χ2v) is 7.54. The quantitative estimate of drug-likeness (QED) is 0.271. The third-order valence-corrected chi connectivity index (χ3v) is 5.06. The first-order valence-corrected chi connectivity index (χ1v) is 10.9. The van der Waals surface area contributed by atoms with Crippen LogP contribution in [0.3, 0.4) is 0 Å². The molecule has 0 bridgehead atoms. The summed E-state index contributed by atoms with van der Waals surface area (Å²) < 4.78 is 24.0. The Kier molecular flexibility index (Phi) is 7.76. The highest BCUT2D eigenvalue weighted by molar-refractivity contribution is 5.98. The number of methoxy groups -OCH3 is 1. The zero-order chi connectivity index (χ0) is 25.3. The van der Waals surface area contributed by atoms with E-state index in [0.29, 0.717) is 16.9 Å². The van der Waals surface area contributed by atoms with Gasteiger partial charge < -0.3 is 14.8 Å². The molecule has 0 saturated heterocycles. The van der Waals surface area contributed by atoms with Gasteiger partial charge in [0.25, 0.3) is 11.8 Å². The standard InChI is InChI=1S/C26H22FN5O4/c1-35-22-13-9-20(10-14-22)23(33)17-36-26-24(25(34)28-15-18-5-3-2-4-6-18)30-31-32(26)29-16-19-7-11-21(27)12-8-19/h2-14,16H,15,17H2,1H3,(H,28,34)/b29-16-. The summed E-state index contributed by atoms with van der Waals surface area (Å²) in [5.74, 6) is -0.757. The van der Waals surface area contributed by atoms with Gasteiger partial charge in [-0.25, -0.2) is 4.39 Å². The molecule has 0 spiro atoms. The lowest BCUT2D eigenvalue weighted by molar-refractivity contribution is 0.0895. The molecule has 0 saturated carbocycles. The molecule has 0 aliphatic heterocycles. The number of benzene rings is 3. The largest absolute Gasteiger partial charge is 0.497 e. The number of carbonyl (C=O) groups is 2. The highest BCUT2D eigenvalue weighted by atomic mass is 19.1. The van der Waals surface area contributed by atoms with Crippen molar-refractivity contribution in [3.8, 4) is 11.6 Å². The summed E-state index contributed by atoms with van der Waals surface area (Å²) >= 11 is 0. The maximum absolute atomic E-state index is 13.2. The molecule has 1 heterocycles. The van der Waals surface area contributed by atoms with E-state index in [0.717, 1.165) is 10.4 Å². The predicted octanol–water partition coefficient (Wildman–Crippen LogP) is 3.50. The number of amides is 1. The van der Waals surface area contributed by atoms with Gasteiger partial charge in [0.2, 0.25) is 5.69 Å². The first kappa shape index (κ1) is 24.3. The Bertz CT molecular complexity index is 1350. The van der Waals surface area contributed by atoms with E-state index in [1.165, 1.54) is 37.6 Å². The Morgan fingerprint density at radius 3 is 2.44 bits per heavy atom. The van der Waals surface area contributed by atoms with E-state index in [-0.39, 0.29) is 36.3 Å². The summed E-state index contributed by atoms with van der Waals surface area (Å²) in [5, 5.41) is 14.7. The lowest BCUT2D eigenvalue weighted by atomic mass is 10.1. The fourth-order valence-corrected chi connectivity index (χ4v) is 3.14. The highest BCUT2D eigenvalue weighted by Gasteiger charge is 2.22. The molecular formula is C26H22FN5O4. The second-order valence-electron chi connectivity index (χ2n) is 7.54. The Balaban J connectivity index is 1.54. The summed E-state index contributed by atoms with van der Waals surface area (Å²) in [7, 11) is 1.53. The Hall–Kier alpha value is -4.86. The predicted molar refractivity (Wildman–Crippen MR) is 130 cm³/mol. The van der Waals surface area contributed by atoms with E-state index in [1.54, 1.807) is 24.3 Å². The number of carbonyl (C=O) groups excluding carboxylic acids is 2. The van der Waals surface area contributed by atoms with Crippen molar-refractivity contribution in [1.82, 2.24) is 20.4 Å². The number of hydrogen-bond donors (Lipinski definition) is 1. The van der Waals surface area contributed by atoms with E-state index < -0.39 is 5.91 Å². The SMILES string of the molecule is COc1ccc(C(=O)COc2c(C(=O)NCc3ccccc3)nnn2/N=C\c2ccc(F)cc2)cc1. The Labute approximate surface area is 206 Å². The average Bonchev–Trinajstić information content (AvgIpc) is 3.33. The average molecular weight is 487 g/mol. The van der Waals surface area contributed by atoms with Crippen LogP contribution in [-0.4, -0.2) is 46.7 Å². The molecule has 4 aromatic rings. The molecule has 10 heteroatoms. The van der Waals surface area contributed by atoms with Gasteiger partial charge in [-0.3, -0.25) is 9.59 Å². The van der Waals surface area contributed by atoms with Gasteiger partial charge in [-0.1, -0.05) is 47.3 Å². The number of nitrogens with one attached hydrogen (secondary N) is 1. The summed E-state index contributed by atoms with van der Waals surface area (Å²) in [6, 6.07) is 21.5. The van der Waals surface area contributed by atoms with Crippen LogP contribution in [0.5, 0.6) is 11.6 Å². The van der Waals surface area contributed by atoms with E-state index in [2.05, 4.69) is 20.7 Å². The normalized spacial score (nSPS) is 10.8. The number of nitrogens with zero attached hydrogens (tertiary/aromatic N) is 4. The van der Waals surface area contributed by atoms with Gasteiger partial charge in [0, 0.05) is 12.1 Å². The van der Waals surface area contributed by atoms with Crippen molar-refractivity contribution >= 4 is 17.9 Å². The molecule has 0 radical (unpaired) electrons. The number of ether oxygens (including phenoxy) is 2. The van der Waals surface area contributed by atoms with Crippen LogP contribution in [0.2, 0.25) is 0 Å². The first-order chi connectivity index (χ1) is 17.5. The Morgan fingerprint density at radius 1 is 1.03 bits per heavy atom. The van der Waals surface area contributed by atoms with E-state index >= 15 is 0 Å². The van der Waals surface area contributed by atoms with Crippen molar-refractivity contribution in [2.24, 2.45) is 5.10 Å². The molecule has 36 heavy (non-hydrogen) atoms. The van der Waals surface area contributed by atoms with Crippen molar-refractivity contribution in [3.63, 3.8) is 0 Å². The van der Waals surface area contributed by atoms with Gasteiger partial charge in [0.15, 0.2) is 12.4 Å². The van der Waals surface area contributed by atoms with Crippen LogP contribution in [-0.2, 0) is 6.54 Å². The van der Waals surface area contributed by atoms with Crippen molar-refractivity contribution in [2.45, 2.75) is 6.54 Å². The first-order valence-electron chi connectivity index (χ1n) is 10.9. The van der Waals surface area contributed by atoms with E-state index in [1.807, 2.05) is 30.3 Å². The highest BCUT2D eigenvalue weighted by Crippen LogP contribution is 2.18. The van der Waals surface area contributed by atoms with E-state index in [9.17, 15) is 14.0 Å². The van der Waals surface area contributed by atoms with Crippen molar-refractivity contribution in [2.75, 3.05) is 13.7 Å². The summed E-state index contributed by atoms with van der Waals surface area (Å²) in [5.41, 5.74) is 1.75. The van der Waals surface area contributed by atoms with Crippen LogP contribution in [0, 0.1) is 5.82 Å². The minimum absolute atomic E-state index is 0.110. The number of hydrogen-bond acceptors (Lipinski definition) is 7. The summed E-state index contributed by atoms with van der Waals surface area (Å²) in [4.78, 5) is 26.5. The molecule has 3 aromatic carbocycles. The molecular weight excluding hydrogens is 465 g/mol. The van der Waals surface area contributed by atoms with Gasteiger partial charge in [0.05, 0.1) is 13.3 Å². The maximum atomic E-state index is 13.2. The van der Waals surface area contributed by atoms with Gasteiger partial charge in [-0.2, -0.15) is 5.10 Å². The van der Waals surface area contributed by atoms with Crippen LogP contribution < -0.4 is 14.8 Å². The molecule has 9 nitrogen and oxygen atoms in total. The van der Waals surface area contributed by atoms with Crippen LogP contribution in [0.25, 0.3) is 0 Å². The monoisotopic (exact) mass is 487 g/mol. The number of halogens is 1. The fraction of sp³-hybridized carbons (Fsp3) is 0.115. The zero-order valence-electron chi connectivity index (χ0n) is 19.3. The van der Waals surface area contributed by atoms with Crippen molar-refractivity contribution < 1.29 is 23.5 Å². The van der Waals surface area contributed by atoms with Crippen LogP contribution >= 0.6 is 0 Å². The third-order valence-electron chi connectivity index (χ3n) is 5.06. The smallest absolute Gasteiger partial charge is 0.277 e. The lowest BCUT2D eigenvalue weighted by Crippen LogP contribution is -2.24. The van der Waals surface area contributed by atoms with Gasteiger partial charge >= 0.3 is 0 Å². The number of rotatable bonds is 10. The second kappa shape index (κ2) is 11.5. The molecule has 1 amide bonds. The zero-order valence-corrected chi connectivity index (χ0v) is 19.3. The molecule has 0 aliphatic carbocycles. The topological polar surface area (TPSA) is 108 Å². The summed E-state index contributed by atoms with van der Waals surface area (Å²) in [6.45, 7) is -0.125. The lowest BCUT2D eigenvalue weighted by Gasteiger charge is -2.08. The molecule has 1 N–H and O–H groups in total. The minimum Gasteiger partial charge on any atom is -0.497 e. The number of Topliss-reactive ketones (excluding diaryl/α,β-unsaturated/α-hetero) is 1. The molecule has 4 rings (SSSR count). The molecule has 0 unspecified atom stereocenters.